The van der Waals surface area contributed by atoms with Crippen LogP contribution in [0.4, 0.5) is 0 Å². The first-order valence-corrected chi connectivity index (χ1v) is 7.89. The number of thioether (sulfide) groups is 1. The molecule has 0 unspecified atom stereocenters. The van der Waals surface area contributed by atoms with Gasteiger partial charge >= 0.3 is 5.97 Å². The fourth-order valence-electron chi connectivity index (χ4n) is 1.72. The van der Waals surface area contributed by atoms with Crippen LogP contribution in [-0.4, -0.2) is 41.5 Å². The van der Waals surface area contributed by atoms with Crippen molar-refractivity contribution in [1.82, 2.24) is 4.31 Å². The Balaban J connectivity index is 2.42. The molecule has 0 bridgehead atoms. The largest absolute Gasteiger partial charge is 0.480 e. The Morgan fingerprint density at radius 2 is 2.26 bits per heavy atom. The minimum Gasteiger partial charge on any atom is -0.480 e. The Kier molecular flexibility index (Phi) is 3.80. The lowest BCUT2D eigenvalue weighted by molar-refractivity contribution is -0.140. The fraction of sp³-hybridized carbons (Fsp3) is 0.273. The third-order valence-corrected chi connectivity index (χ3v) is 5.72. The van der Waals surface area contributed by atoms with Crippen molar-refractivity contribution in [3.05, 3.63) is 29.8 Å². The lowest BCUT2D eigenvalue weighted by Crippen LogP contribution is -2.41. The van der Waals surface area contributed by atoms with E-state index in [2.05, 4.69) is 0 Å². The molecule has 8 heteroatoms. The van der Waals surface area contributed by atoms with Crippen LogP contribution in [0, 0.1) is 11.3 Å². The Labute approximate surface area is 114 Å². The van der Waals surface area contributed by atoms with Crippen molar-refractivity contribution in [3.63, 3.8) is 0 Å². The molecule has 0 spiro atoms. The van der Waals surface area contributed by atoms with E-state index in [-0.39, 0.29) is 22.1 Å². The van der Waals surface area contributed by atoms with Crippen molar-refractivity contribution in [2.45, 2.75) is 10.9 Å². The molecule has 2 rings (SSSR count). The molecule has 1 saturated heterocycles. The number of rotatable bonds is 3. The molecule has 0 amide bonds. The zero-order valence-electron chi connectivity index (χ0n) is 9.68. The molecule has 1 aliphatic heterocycles. The van der Waals surface area contributed by atoms with Crippen LogP contribution in [0.5, 0.6) is 0 Å². The van der Waals surface area contributed by atoms with Crippen LogP contribution in [0.1, 0.15) is 5.56 Å². The van der Waals surface area contributed by atoms with Crippen molar-refractivity contribution in [2.75, 3.05) is 11.6 Å². The van der Waals surface area contributed by atoms with E-state index >= 15 is 0 Å². The summed E-state index contributed by atoms with van der Waals surface area (Å²) in [7, 11) is -3.88. The van der Waals surface area contributed by atoms with Crippen LogP contribution in [0.15, 0.2) is 29.2 Å². The Hall–Kier alpha value is -1.56. The summed E-state index contributed by atoms with van der Waals surface area (Å²) in [6.07, 6.45) is 0. The number of nitrogens with zero attached hydrogens (tertiary/aromatic N) is 2. The molecule has 6 nitrogen and oxygen atoms in total. The molecule has 0 aromatic heterocycles. The van der Waals surface area contributed by atoms with E-state index in [0.29, 0.717) is 0 Å². The van der Waals surface area contributed by atoms with Gasteiger partial charge in [-0.15, -0.1) is 11.8 Å². The van der Waals surface area contributed by atoms with Crippen molar-refractivity contribution >= 4 is 27.8 Å². The standard InChI is InChI=1S/C11H10N2O4S2/c12-5-8-2-1-3-9(4-8)19(16,17)13-7-18-6-10(13)11(14)15/h1-4,10H,6-7H2,(H,14,15)/t10-/m0/s1. The zero-order chi connectivity index (χ0) is 14.0. The highest BCUT2D eigenvalue weighted by atomic mass is 32.2. The lowest BCUT2D eigenvalue weighted by Gasteiger charge is -2.20. The van der Waals surface area contributed by atoms with Crippen LogP contribution in [-0.2, 0) is 14.8 Å². The minimum absolute atomic E-state index is 0.0553. The second-order valence-electron chi connectivity index (χ2n) is 3.89. The first-order chi connectivity index (χ1) is 8.96. The predicted molar refractivity (Wildman–Crippen MR) is 68.9 cm³/mol. The van der Waals surface area contributed by atoms with Gasteiger partial charge in [0.25, 0.3) is 0 Å². The summed E-state index contributed by atoms with van der Waals surface area (Å²) >= 11 is 1.25. The molecule has 0 radical (unpaired) electrons. The average Bonchev–Trinajstić information content (AvgIpc) is 2.89. The summed E-state index contributed by atoms with van der Waals surface area (Å²) in [5.74, 6) is -0.826. The normalized spacial score (nSPS) is 20.1. The highest BCUT2D eigenvalue weighted by Gasteiger charge is 2.40. The molecular formula is C11H10N2O4S2. The van der Waals surface area contributed by atoms with Gasteiger partial charge in [-0.05, 0) is 18.2 Å². The Morgan fingerprint density at radius 3 is 2.89 bits per heavy atom. The van der Waals surface area contributed by atoms with E-state index < -0.39 is 22.0 Å². The summed E-state index contributed by atoms with van der Waals surface area (Å²) in [6, 6.07) is 6.37. The number of hydrogen-bond donors (Lipinski definition) is 1. The van der Waals surface area contributed by atoms with Crippen LogP contribution in [0.25, 0.3) is 0 Å². The van der Waals surface area contributed by atoms with Crippen molar-refractivity contribution in [2.24, 2.45) is 0 Å². The van der Waals surface area contributed by atoms with E-state index in [0.717, 1.165) is 4.31 Å². The summed E-state index contributed by atoms with van der Waals surface area (Å²) in [4.78, 5) is 11.0. The number of carboxylic acid groups (broad SMARTS) is 1. The predicted octanol–water partition coefficient (Wildman–Crippen LogP) is 0.706. The van der Waals surface area contributed by atoms with Gasteiger partial charge < -0.3 is 5.11 Å². The lowest BCUT2D eigenvalue weighted by atomic mass is 10.2. The van der Waals surface area contributed by atoms with E-state index in [1.54, 1.807) is 0 Å². The highest BCUT2D eigenvalue weighted by Crippen LogP contribution is 2.28. The van der Waals surface area contributed by atoms with Crippen molar-refractivity contribution in [3.8, 4) is 6.07 Å². The molecule has 19 heavy (non-hydrogen) atoms. The zero-order valence-corrected chi connectivity index (χ0v) is 11.3. The molecular weight excluding hydrogens is 288 g/mol. The number of aliphatic carboxylic acids is 1. The van der Waals surface area contributed by atoms with Crippen LogP contribution in [0.2, 0.25) is 0 Å². The molecule has 0 aliphatic carbocycles. The Morgan fingerprint density at radius 1 is 1.53 bits per heavy atom. The summed E-state index contributed by atoms with van der Waals surface area (Å²) < 4.78 is 25.7. The molecule has 100 valence electrons. The molecule has 1 aromatic carbocycles. The van der Waals surface area contributed by atoms with Gasteiger partial charge in [0, 0.05) is 5.75 Å². The van der Waals surface area contributed by atoms with Gasteiger partial charge in [0.2, 0.25) is 10.0 Å². The smallest absolute Gasteiger partial charge is 0.322 e. The number of carboxylic acids is 1. The van der Waals surface area contributed by atoms with Gasteiger partial charge in [0.1, 0.15) is 6.04 Å². The first kappa shape index (κ1) is 13.9. The van der Waals surface area contributed by atoms with Crippen LogP contribution < -0.4 is 0 Å². The first-order valence-electron chi connectivity index (χ1n) is 5.29. The number of nitriles is 1. The topological polar surface area (TPSA) is 98.5 Å². The second kappa shape index (κ2) is 5.21. The second-order valence-corrected chi connectivity index (χ2v) is 6.78. The van der Waals surface area contributed by atoms with Gasteiger partial charge in [0.15, 0.2) is 0 Å². The number of hydrogen-bond acceptors (Lipinski definition) is 5. The van der Waals surface area contributed by atoms with Gasteiger partial charge in [-0.1, -0.05) is 6.07 Å². The summed E-state index contributed by atoms with van der Waals surface area (Å²) in [5.41, 5.74) is 0.222. The minimum atomic E-state index is -3.88. The molecule has 1 aromatic rings. The van der Waals surface area contributed by atoms with Crippen molar-refractivity contribution < 1.29 is 18.3 Å². The van der Waals surface area contributed by atoms with Crippen molar-refractivity contribution in [1.29, 1.82) is 5.26 Å². The van der Waals surface area contributed by atoms with Crippen LogP contribution in [0.3, 0.4) is 0 Å². The summed E-state index contributed by atoms with van der Waals surface area (Å²) in [5, 5.41) is 17.8. The third-order valence-electron chi connectivity index (χ3n) is 2.70. The maximum atomic E-state index is 12.4. The van der Waals surface area contributed by atoms with Gasteiger partial charge in [-0.3, -0.25) is 4.79 Å². The highest BCUT2D eigenvalue weighted by molar-refractivity contribution is 8.00. The SMILES string of the molecule is N#Cc1cccc(S(=O)(=O)N2CSC[C@H]2C(=O)O)c1. The average molecular weight is 298 g/mol. The van der Waals surface area contributed by atoms with Crippen LogP contribution >= 0.6 is 11.8 Å². The quantitative estimate of drug-likeness (QED) is 0.882. The fourth-order valence-corrected chi connectivity index (χ4v) is 4.90. The molecule has 1 atom stereocenters. The molecule has 1 N–H and O–H groups in total. The maximum absolute atomic E-state index is 12.4. The van der Waals surface area contributed by atoms with E-state index in [9.17, 15) is 13.2 Å². The van der Waals surface area contributed by atoms with E-state index in [1.807, 2.05) is 6.07 Å². The number of carbonyl (C=O) groups is 1. The van der Waals surface area contributed by atoms with E-state index in [1.165, 1.54) is 36.0 Å². The van der Waals surface area contributed by atoms with Gasteiger partial charge in [-0.2, -0.15) is 9.57 Å². The van der Waals surface area contributed by atoms with E-state index in [4.69, 9.17) is 10.4 Å². The third kappa shape index (κ3) is 2.58. The molecule has 1 aliphatic rings. The van der Waals surface area contributed by atoms with Gasteiger partial charge in [-0.25, -0.2) is 8.42 Å². The maximum Gasteiger partial charge on any atom is 0.322 e. The number of benzene rings is 1. The molecule has 1 heterocycles. The summed E-state index contributed by atoms with van der Waals surface area (Å²) in [6.45, 7) is 0. The monoisotopic (exact) mass is 298 g/mol. The molecule has 1 fully saturated rings. The molecule has 0 saturated carbocycles. The number of sulfonamides is 1. The van der Waals surface area contributed by atoms with Gasteiger partial charge in [0.05, 0.1) is 22.4 Å². The Bertz CT molecular complexity index is 651.